The lowest BCUT2D eigenvalue weighted by Gasteiger charge is -2.11. The Labute approximate surface area is 102 Å². The third-order valence-electron chi connectivity index (χ3n) is 5.24. The lowest BCUT2D eigenvalue weighted by Crippen LogP contribution is -2.14. The number of hydrogen-bond acceptors (Lipinski definition) is 3. The summed E-state index contributed by atoms with van der Waals surface area (Å²) in [6.07, 6.45) is 6.34. The Morgan fingerprint density at radius 3 is 2.47 bits per heavy atom. The van der Waals surface area contributed by atoms with Crippen LogP contribution in [0.1, 0.15) is 30.7 Å². The molecule has 90 valence electrons. The molecule has 4 atom stereocenters. The second-order valence-electron chi connectivity index (χ2n) is 6.08. The molecule has 3 saturated carbocycles. The van der Waals surface area contributed by atoms with Crippen LogP contribution in [0.15, 0.2) is 6.20 Å². The van der Waals surface area contributed by atoms with Crippen LogP contribution in [-0.4, -0.2) is 16.0 Å². The van der Waals surface area contributed by atoms with Crippen LogP contribution in [0, 0.1) is 37.5 Å². The molecule has 4 unspecified atom stereocenters. The fourth-order valence-electron chi connectivity index (χ4n) is 4.30. The van der Waals surface area contributed by atoms with Crippen LogP contribution in [0.5, 0.6) is 0 Å². The average molecular weight is 229 g/mol. The molecule has 4 rings (SSSR count). The minimum absolute atomic E-state index is 0.706. The van der Waals surface area contributed by atoms with Crippen LogP contribution in [0.25, 0.3) is 0 Å². The summed E-state index contributed by atoms with van der Waals surface area (Å²) in [7, 11) is 0. The highest BCUT2D eigenvalue weighted by Crippen LogP contribution is 2.66. The van der Waals surface area contributed by atoms with Crippen LogP contribution in [0.3, 0.4) is 0 Å². The van der Waals surface area contributed by atoms with E-state index in [2.05, 4.69) is 15.3 Å². The van der Waals surface area contributed by atoms with Gasteiger partial charge in [-0.1, -0.05) is 0 Å². The molecule has 0 spiro atoms. The molecule has 1 heterocycles. The van der Waals surface area contributed by atoms with Gasteiger partial charge in [0.15, 0.2) is 0 Å². The van der Waals surface area contributed by atoms with Gasteiger partial charge in [0.25, 0.3) is 0 Å². The standard InChI is InChI=1S/C14H19N3/c1-7-8(2)16-11(6-15-7)17-14-12-9-3-4-10(5-9)13(12)14/h6,9-10,12-14H,3-5H2,1-2H3,(H,16,17). The fraction of sp³-hybridized carbons (Fsp3) is 0.714. The Bertz CT molecular complexity index is 455. The van der Waals surface area contributed by atoms with Gasteiger partial charge in [-0.05, 0) is 56.8 Å². The molecule has 0 amide bonds. The first-order chi connectivity index (χ1) is 8.24. The summed E-state index contributed by atoms with van der Waals surface area (Å²) in [5, 5.41) is 3.61. The van der Waals surface area contributed by atoms with Crippen molar-refractivity contribution < 1.29 is 0 Å². The van der Waals surface area contributed by atoms with Crippen molar-refractivity contribution in [2.75, 3.05) is 5.32 Å². The van der Waals surface area contributed by atoms with E-state index in [1.165, 1.54) is 19.3 Å². The number of rotatable bonds is 2. The summed E-state index contributed by atoms with van der Waals surface area (Å²) >= 11 is 0. The highest BCUT2D eigenvalue weighted by molar-refractivity contribution is 5.39. The molecule has 1 aromatic rings. The smallest absolute Gasteiger partial charge is 0.145 e. The van der Waals surface area contributed by atoms with E-state index in [4.69, 9.17) is 0 Å². The summed E-state index contributed by atoms with van der Waals surface area (Å²) in [6, 6.07) is 0.706. The molecule has 1 aromatic heterocycles. The number of nitrogens with zero attached hydrogens (tertiary/aromatic N) is 2. The van der Waals surface area contributed by atoms with E-state index in [1.54, 1.807) is 0 Å². The van der Waals surface area contributed by atoms with Crippen LogP contribution < -0.4 is 5.32 Å². The van der Waals surface area contributed by atoms with E-state index in [-0.39, 0.29) is 0 Å². The lowest BCUT2D eigenvalue weighted by molar-refractivity contribution is 0.456. The first-order valence-electron chi connectivity index (χ1n) is 6.81. The third kappa shape index (κ3) is 1.34. The first kappa shape index (κ1) is 9.86. The molecule has 2 bridgehead atoms. The van der Waals surface area contributed by atoms with Gasteiger partial charge in [-0.3, -0.25) is 4.98 Å². The zero-order chi connectivity index (χ0) is 11.6. The van der Waals surface area contributed by atoms with Crippen molar-refractivity contribution in [3.05, 3.63) is 17.6 Å². The predicted octanol–water partition coefficient (Wildman–Crippen LogP) is 2.55. The van der Waals surface area contributed by atoms with E-state index >= 15 is 0 Å². The van der Waals surface area contributed by atoms with Crippen LogP contribution >= 0.6 is 0 Å². The van der Waals surface area contributed by atoms with Crippen LogP contribution in [-0.2, 0) is 0 Å². The van der Waals surface area contributed by atoms with Crippen molar-refractivity contribution in [2.45, 2.75) is 39.2 Å². The molecule has 0 saturated heterocycles. The quantitative estimate of drug-likeness (QED) is 0.847. The highest BCUT2D eigenvalue weighted by Gasteiger charge is 2.65. The molecule has 3 fully saturated rings. The van der Waals surface area contributed by atoms with Gasteiger partial charge >= 0.3 is 0 Å². The number of anilines is 1. The topological polar surface area (TPSA) is 37.8 Å². The Balaban J connectivity index is 1.51. The van der Waals surface area contributed by atoms with Crippen molar-refractivity contribution in [1.82, 2.24) is 9.97 Å². The zero-order valence-electron chi connectivity index (χ0n) is 10.5. The Kier molecular flexibility index (Phi) is 1.86. The van der Waals surface area contributed by atoms with Crippen LogP contribution in [0.2, 0.25) is 0 Å². The maximum atomic E-state index is 4.58. The Hall–Kier alpha value is -1.12. The first-order valence-corrected chi connectivity index (χ1v) is 6.81. The van der Waals surface area contributed by atoms with Gasteiger partial charge in [0, 0.05) is 6.04 Å². The Morgan fingerprint density at radius 1 is 1.12 bits per heavy atom. The van der Waals surface area contributed by atoms with Gasteiger partial charge in [0.2, 0.25) is 0 Å². The molecule has 0 radical (unpaired) electrons. The molecule has 1 N–H and O–H groups in total. The van der Waals surface area contributed by atoms with Gasteiger partial charge in [-0.25, -0.2) is 4.98 Å². The largest absolute Gasteiger partial charge is 0.365 e. The van der Waals surface area contributed by atoms with E-state index < -0.39 is 0 Å². The second-order valence-corrected chi connectivity index (χ2v) is 6.08. The summed E-state index contributed by atoms with van der Waals surface area (Å²) in [4.78, 5) is 8.96. The molecular weight excluding hydrogens is 210 g/mol. The van der Waals surface area contributed by atoms with Crippen molar-refractivity contribution in [2.24, 2.45) is 23.7 Å². The second kappa shape index (κ2) is 3.21. The molecule has 17 heavy (non-hydrogen) atoms. The van der Waals surface area contributed by atoms with Crippen molar-refractivity contribution in [3.8, 4) is 0 Å². The van der Waals surface area contributed by atoms with Gasteiger partial charge in [-0.2, -0.15) is 0 Å². The number of nitrogens with one attached hydrogen (secondary N) is 1. The van der Waals surface area contributed by atoms with Gasteiger partial charge < -0.3 is 5.32 Å². The van der Waals surface area contributed by atoms with Gasteiger partial charge in [-0.15, -0.1) is 0 Å². The highest BCUT2D eigenvalue weighted by atomic mass is 15.1. The molecule has 3 aliphatic carbocycles. The number of fused-ring (bicyclic) bond motifs is 5. The summed E-state index contributed by atoms with van der Waals surface area (Å²) < 4.78 is 0. The van der Waals surface area contributed by atoms with Gasteiger partial charge in [0.1, 0.15) is 5.82 Å². The number of aryl methyl sites for hydroxylation is 2. The predicted molar refractivity (Wildman–Crippen MR) is 66.7 cm³/mol. The summed E-state index contributed by atoms with van der Waals surface area (Å²) in [6.45, 7) is 4.04. The third-order valence-corrected chi connectivity index (χ3v) is 5.24. The number of aromatic nitrogens is 2. The lowest BCUT2D eigenvalue weighted by atomic mass is 10.0. The monoisotopic (exact) mass is 229 g/mol. The molecule has 0 aliphatic heterocycles. The van der Waals surface area contributed by atoms with E-state index in [9.17, 15) is 0 Å². The molecule has 3 aliphatic rings. The molecular formula is C14H19N3. The van der Waals surface area contributed by atoms with E-state index in [0.29, 0.717) is 6.04 Å². The summed E-state index contributed by atoms with van der Waals surface area (Å²) in [5.74, 6) is 4.92. The normalized spacial score (nSPS) is 41.4. The minimum Gasteiger partial charge on any atom is -0.365 e. The molecule has 3 nitrogen and oxygen atoms in total. The van der Waals surface area contributed by atoms with E-state index in [1.807, 2.05) is 20.0 Å². The summed E-state index contributed by atoms with van der Waals surface area (Å²) in [5.41, 5.74) is 2.08. The Morgan fingerprint density at radius 2 is 1.82 bits per heavy atom. The average Bonchev–Trinajstić information content (AvgIpc) is 2.73. The van der Waals surface area contributed by atoms with Crippen molar-refractivity contribution in [3.63, 3.8) is 0 Å². The molecule has 3 heteroatoms. The van der Waals surface area contributed by atoms with Gasteiger partial charge in [0.05, 0.1) is 17.6 Å². The zero-order valence-corrected chi connectivity index (χ0v) is 10.5. The van der Waals surface area contributed by atoms with Crippen molar-refractivity contribution >= 4 is 5.82 Å². The maximum Gasteiger partial charge on any atom is 0.145 e. The molecule has 0 aromatic carbocycles. The van der Waals surface area contributed by atoms with Crippen molar-refractivity contribution in [1.29, 1.82) is 0 Å². The SMILES string of the molecule is Cc1ncc(NC2C3C4CCC(C4)C23)nc1C. The fourth-order valence-corrected chi connectivity index (χ4v) is 4.30. The van der Waals surface area contributed by atoms with Crippen LogP contribution in [0.4, 0.5) is 5.82 Å². The minimum atomic E-state index is 0.706. The maximum absolute atomic E-state index is 4.58. The van der Waals surface area contributed by atoms with E-state index in [0.717, 1.165) is 40.9 Å². The number of hydrogen-bond donors (Lipinski definition) is 1.